The highest BCUT2D eigenvalue weighted by Gasteiger charge is 2.29. The Morgan fingerprint density at radius 1 is 0.886 bits per heavy atom. The molecule has 0 aliphatic carbocycles. The second-order valence-corrected chi connectivity index (χ2v) is 11.6. The molecule has 0 saturated heterocycles. The minimum absolute atomic E-state index is 0.0912. The summed E-state index contributed by atoms with van der Waals surface area (Å²) in [6.45, 7) is 7.31. The largest absolute Gasteiger partial charge is 0.370 e. The van der Waals surface area contributed by atoms with Gasteiger partial charge < -0.3 is 21.7 Å². The van der Waals surface area contributed by atoms with Crippen LogP contribution in [0.25, 0.3) is 10.9 Å². The predicted molar refractivity (Wildman–Crippen MR) is 163 cm³/mol. The number of nitrogens with one attached hydrogen (secondary N) is 3. The number of tetrazole rings is 1. The minimum Gasteiger partial charge on any atom is -0.370 e. The van der Waals surface area contributed by atoms with Crippen LogP contribution in [0.3, 0.4) is 0 Å². The summed E-state index contributed by atoms with van der Waals surface area (Å²) in [4.78, 5) is 55.9. The molecule has 3 atom stereocenters. The molecule has 0 unspecified atom stereocenters. The van der Waals surface area contributed by atoms with Gasteiger partial charge in [-0.2, -0.15) is 0 Å². The first-order valence-corrected chi connectivity index (χ1v) is 14.3. The number of nitrogens with zero attached hydrogens (tertiary/aromatic N) is 5. The van der Waals surface area contributed by atoms with Gasteiger partial charge in [-0.3, -0.25) is 19.2 Å². The highest BCUT2D eigenvalue weighted by molar-refractivity contribution is 5.99. The second kappa shape index (κ2) is 13.8. The Morgan fingerprint density at radius 3 is 2.30 bits per heavy atom. The second-order valence-electron chi connectivity index (χ2n) is 11.6. The highest BCUT2D eigenvalue weighted by Crippen LogP contribution is 2.15. The smallest absolute Gasteiger partial charge is 0.270 e. The van der Waals surface area contributed by atoms with Crippen molar-refractivity contribution in [2.75, 3.05) is 0 Å². The summed E-state index contributed by atoms with van der Waals surface area (Å²) < 4.78 is 1.42. The van der Waals surface area contributed by atoms with Crippen molar-refractivity contribution in [1.82, 2.24) is 41.1 Å². The van der Waals surface area contributed by atoms with E-state index < -0.39 is 47.8 Å². The molecule has 2 heterocycles. The van der Waals surface area contributed by atoms with Crippen molar-refractivity contribution in [3.8, 4) is 0 Å². The number of amides is 4. The number of carbonyl (C=O) groups is 4. The molecule has 0 bridgehead atoms. The van der Waals surface area contributed by atoms with E-state index in [1.807, 2.05) is 63.2 Å². The van der Waals surface area contributed by atoms with Crippen molar-refractivity contribution in [2.45, 2.75) is 70.6 Å². The molecule has 5 N–H and O–H groups in total. The van der Waals surface area contributed by atoms with E-state index >= 15 is 0 Å². The lowest BCUT2D eigenvalue weighted by Crippen LogP contribution is -2.52. The molecule has 0 fully saturated rings. The number of fused-ring (bicyclic) bond motifs is 1. The van der Waals surface area contributed by atoms with Crippen molar-refractivity contribution in [3.63, 3.8) is 0 Å². The average Bonchev–Trinajstić information content (AvgIpc) is 3.43. The average molecular weight is 600 g/mol. The standard InChI is InChI=1S/C31H37N9O4/c1-19(28(42)36-31(2,3)4)40-27(37-38-39-40)17-22(16-20-10-6-5-7-11-20)33-30(44)25(18-26(32)41)35-29(43)24-15-14-21-12-8-9-13-23(21)34-24/h5-15,19,22,25H,16-18H2,1-4H3,(H2,32,41)(H,33,44)(H,35,43)(H,36,42)/t19-,22+,25+/m1/s1. The van der Waals surface area contributed by atoms with E-state index in [4.69, 9.17) is 5.73 Å². The van der Waals surface area contributed by atoms with Gasteiger partial charge in [0, 0.05) is 23.4 Å². The lowest BCUT2D eigenvalue weighted by Gasteiger charge is -2.25. The maximum Gasteiger partial charge on any atom is 0.270 e. The van der Waals surface area contributed by atoms with E-state index in [2.05, 4.69) is 36.5 Å². The van der Waals surface area contributed by atoms with Gasteiger partial charge in [0.15, 0.2) is 5.82 Å². The lowest BCUT2D eigenvalue weighted by molar-refractivity contribution is -0.127. The van der Waals surface area contributed by atoms with Gasteiger partial charge in [-0.1, -0.05) is 54.6 Å². The molecule has 13 heteroatoms. The normalized spacial score (nSPS) is 13.5. The number of hydrogen-bond donors (Lipinski definition) is 4. The first kappa shape index (κ1) is 31.7. The van der Waals surface area contributed by atoms with Crippen LogP contribution in [0.15, 0.2) is 66.7 Å². The Kier molecular flexibility index (Phi) is 9.99. The van der Waals surface area contributed by atoms with Gasteiger partial charge in [0.25, 0.3) is 5.91 Å². The van der Waals surface area contributed by atoms with Crippen LogP contribution in [0.4, 0.5) is 0 Å². The Bertz CT molecular complexity index is 1630. The number of carbonyl (C=O) groups excluding carboxylic acids is 4. The fraction of sp³-hybridized carbons (Fsp3) is 0.355. The van der Waals surface area contributed by atoms with Crippen LogP contribution in [-0.2, 0) is 27.2 Å². The number of primary amides is 1. The van der Waals surface area contributed by atoms with E-state index in [-0.39, 0.29) is 18.0 Å². The van der Waals surface area contributed by atoms with Crippen LogP contribution in [0.5, 0.6) is 0 Å². The lowest BCUT2D eigenvalue weighted by atomic mass is 10.0. The number of pyridine rings is 1. The molecule has 2 aromatic carbocycles. The third-order valence-corrected chi connectivity index (χ3v) is 6.76. The number of aromatic nitrogens is 5. The number of benzene rings is 2. The van der Waals surface area contributed by atoms with Crippen molar-refractivity contribution < 1.29 is 19.2 Å². The quantitative estimate of drug-likeness (QED) is 0.189. The minimum atomic E-state index is -1.26. The van der Waals surface area contributed by atoms with Crippen LogP contribution >= 0.6 is 0 Å². The van der Waals surface area contributed by atoms with Crippen molar-refractivity contribution in [1.29, 1.82) is 0 Å². The zero-order valence-corrected chi connectivity index (χ0v) is 25.2. The van der Waals surface area contributed by atoms with Crippen LogP contribution in [0.2, 0.25) is 0 Å². The Balaban J connectivity index is 1.55. The van der Waals surface area contributed by atoms with Gasteiger partial charge in [0.1, 0.15) is 17.8 Å². The van der Waals surface area contributed by atoms with Gasteiger partial charge in [-0.05, 0) is 62.2 Å². The van der Waals surface area contributed by atoms with E-state index in [9.17, 15) is 19.2 Å². The summed E-state index contributed by atoms with van der Waals surface area (Å²) in [5.41, 5.74) is 6.63. The molecule has 0 aliphatic heterocycles. The zero-order valence-electron chi connectivity index (χ0n) is 25.2. The molecule has 4 rings (SSSR count). The molecule has 0 aliphatic rings. The van der Waals surface area contributed by atoms with Crippen molar-refractivity contribution >= 4 is 34.5 Å². The molecule has 0 spiro atoms. The zero-order chi connectivity index (χ0) is 31.9. The van der Waals surface area contributed by atoms with E-state index in [1.54, 1.807) is 31.2 Å². The molecule has 0 saturated carbocycles. The van der Waals surface area contributed by atoms with E-state index in [0.29, 0.717) is 17.8 Å². The third kappa shape index (κ3) is 8.66. The van der Waals surface area contributed by atoms with Crippen LogP contribution < -0.4 is 21.7 Å². The fourth-order valence-corrected chi connectivity index (χ4v) is 4.66. The van der Waals surface area contributed by atoms with Crippen LogP contribution in [0, 0.1) is 0 Å². The Morgan fingerprint density at radius 2 is 1.59 bits per heavy atom. The molecular weight excluding hydrogens is 562 g/mol. The molecule has 44 heavy (non-hydrogen) atoms. The molecule has 13 nitrogen and oxygen atoms in total. The number of nitrogens with two attached hydrogens (primary N) is 1. The predicted octanol–water partition coefficient (Wildman–Crippen LogP) is 1.64. The van der Waals surface area contributed by atoms with Gasteiger partial charge in [-0.15, -0.1) is 5.10 Å². The summed E-state index contributed by atoms with van der Waals surface area (Å²) >= 11 is 0. The molecule has 230 valence electrons. The van der Waals surface area contributed by atoms with E-state index in [1.165, 1.54) is 4.68 Å². The highest BCUT2D eigenvalue weighted by atomic mass is 16.2. The number of hydrogen-bond acceptors (Lipinski definition) is 8. The summed E-state index contributed by atoms with van der Waals surface area (Å²) in [5, 5.41) is 21.3. The summed E-state index contributed by atoms with van der Waals surface area (Å²) in [6.07, 6.45) is 0.112. The maximum atomic E-state index is 13.6. The van der Waals surface area contributed by atoms with Crippen molar-refractivity contribution in [3.05, 3.63) is 83.8 Å². The fourth-order valence-electron chi connectivity index (χ4n) is 4.66. The molecule has 2 aromatic heterocycles. The molecular formula is C31H37N9O4. The summed E-state index contributed by atoms with van der Waals surface area (Å²) in [7, 11) is 0. The molecule has 0 radical (unpaired) electrons. The Hall–Kier alpha value is -5.20. The maximum absolute atomic E-state index is 13.6. The van der Waals surface area contributed by atoms with Crippen LogP contribution in [0.1, 0.15) is 62.0 Å². The monoisotopic (exact) mass is 599 g/mol. The van der Waals surface area contributed by atoms with Gasteiger partial charge in [0.05, 0.1) is 11.9 Å². The first-order valence-electron chi connectivity index (χ1n) is 14.3. The molecule has 4 aromatic rings. The molecule has 4 amide bonds. The SMILES string of the molecule is C[C@H](C(=O)NC(C)(C)C)n1nnnc1C[C@H](Cc1ccccc1)NC(=O)[C@H](CC(N)=O)NC(=O)c1ccc2ccccc2n1. The summed E-state index contributed by atoms with van der Waals surface area (Å²) in [5.74, 6) is -1.89. The third-order valence-electron chi connectivity index (χ3n) is 6.76. The summed E-state index contributed by atoms with van der Waals surface area (Å²) in [6, 6.07) is 17.5. The topological polar surface area (TPSA) is 187 Å². The van der Waals surface area contributed by atoms with Crippen LogP contribution in [-0.4, -0.2) is 66.4 Å². The number of rotatable bonds is 12. The van der Waals surface area contributed by atoms with Gasteiger partial charge >= 0.3 is 0 Å². The Labute approximate surface area is 255 Å². The van der Waals surface area contributed by atoms with E-state index in [0.717, 1.165) is 10.9 Å². The first-order chi connectivity index (χ1) is 20.9. The number of para-hydroxylation sites is 1. The van der Waals surface area contributed by atoms with Crippen molar-refractivity contribution in [2.24, 2.45) is 5.73 Å². The van der Waals surface area contributed by atoms with Gasteiger partial charge in [0.2, 0.25) is 17.7 Å². The van der Waals surface area contributed by atoms with Gasteiger partial charge in [-0.25, -0.2) is 9.67 Å².